The second-order valence-corrected chi connectivity index (χ2v) is 6.84. The van der Waals surface area contributed by atoms with Crippen molar-refractivity contribution < 1.29 is 4.39 Å². The van der Waals surface area contributed by atoms with Crippen molar-refractivity contribution in [3.63, 3.8) is 0 Å². The molecule has 2 aromatic rings. The van der Waals surface area contributed by atoms with E-state index in [2.05, 4.69) is 26.9 Å². The van der Waals surface area contributed by atoms with Crippen molar-refractivity contribution in [2.75, 3.05) is 24.5 Å². The third kappa shape index (κ3) is 3.85. The molecule has 7 heteroatoms. The van der Waals surface area contributed by atoms with Gasteiger partial charge in [0.1, 0.15) is 10.8 Å². The molecular weight excluding hydrogens is 343 g/mol. The second kappa shape index (κ2) is 7.54. The van der Waals surface area contributed by atoms with Crippen LogP contribution in [0.3, 0.4) is 0 Å². The molecule has 5 nitrogen and oxygen atoms in total. The van der Waals surface area contributed by atoms with Crippen molar-refractivity contribution in [3.05, 3.63) is 56.7 Å². The molecule has 0 saturated carbocycles. The molecule has 1 fully saturated rings. The fraction of sp³-hybridized carbons (Fsp3) is 0.444. The first-order valence-electron chi connectivity index (χ1n) is 8.46. The molecule has 25 heavy (non-hydrogen) atoms. The monoisotopic (exact) mass is 364 g/mol. The van der Waals surface area contributed by atoms with Crippen molar-refractivity contribution in [1.82, 2.24) is 15.1 Å². The number of aromatic amines is 1. The maximum atomic E-state index is 13.3. The third-order valence-electron chi connectivity index (χ3n) is 4.82. The van der Waals surface area contributed by atoms with Gasteiger partial charge >= 0.3 is 0 Å². The summed E-state index contributed by atoms with van der Waals surface area (Å²) in [5.74, 6) is -0.200. The smallest absolute Gasteiger partial charge is 0.285 e. The van der Waals surface area contributed by atoms with Crippen LogP contribution in [0.1, 0.15) is 24.5 Å². The summed E-state index contributed by atoms with van der Waals surface area (Å²) >= 11 is 6.18. The highest BCUT2D eigenvalue weighted by molar-refractivity contribution is 6.33. The summed E-state index contributed by atoms with van der Waals surface area (Å²) in [5, 5.41) is 6.43. The summed E-state index contributed by atoms with van der Waals surface area (Å²) in [6.07, 6.45) is 2.55. The lowest BCUT2D eigenvalue weighted by molar-refractivity contribution is 0.212. The van der Waals surface area contributed by atoms with Crippen LogP contribution in [-0.4, -0.2) is 40.8 Å². The SMILES string of the molecule is CC[C@@H]1CN(Cc2ccc(F)cc2C)CCN1c1cn[nH]c(=O)c1Cl. The Balaban J connectivity index is 1.75. The van der Waals surface area contributed by atoms with Gasteiger partial charge < -0.3 is 4.90 Å². The number of anilines is 1. The number of hydrogen-bond acceptors (Lipinski definition) is 4. The van der Waals surface area contributed by atoms with Crippen LogP contribution in [0, 0.1) is 12.7 Å². The van der Waals surface area contributed by atoms with Crippen LogP contribution in [-0.2, 0) is 6.54 Å². The van der Waals surface area contributed by atoms with Gasteiger partial charge in [0.2, 0.25) is 0 Å². The summed E-state index contributed by atoms with van der Waals surface area (Å²) in [4.78, 5) is 16.3. The first-order chi connectivity index (χ1) is 12.0. The Morgan fingerprint density at radius 1 is 1.40 bits per heavy atom. The fourth-order valence-corrected chi connectivity index (χ4v) is 3.58. The highest BCUT2D eigenvalue weighted by Gasteiger charge is 2.28. The summed E-state index contributed by atoms with van der Waals surface area (Å²) in [6, 6.07) is 5.19. The molecule has 1 aromatic carbocycles. The van der Waals surface area contributed by atoms with Gasteiger partial charge in [-0.3, -0.25) is 9.69 Å². The maximum Gasteiger partial charge on any atom is 0.285 e. The number of rotatable bonds is 4. The molecule has 1 saturated heterocycles. The summed E-state index contributed by atoms with van der Waals surface area (Å²) in [6.45, 7) is 7.32. The van der Waals surface area contributed by atoms with Crippen molar-refractivity contribution in [2.24, 2.45) is 0 Å². The van der Waals surface area contributed by atoms with E-state index in [1.165, 1.54) is 6.07 Å². The number of benzene rings is 1. The normalized spacial score (nSPS) is 18.6. The molecule has 1 atom stereocenters. The second-order valence-electron chi connectivity index (χ2n) is 6.46. The average Bonchev–Trinajstić information content (AvgIpc) is 2.60. The molecule has 0 amide bonds. The Morgan fingerprint density at radius 3 is 2.92 bits per heavy atom. The Labute approximate surface area is 151 Å². The first-order valence-corrected chi connectivity index (χ1v) is 8.84. The molecular formula is C18H22ClFN4O. The topological polar surface area (TPSA) is 52.2 Å². The zero-order valence-electron chi connectivity index (χ0n) is 14.4. The van der Waals surface area contributed by atoms with E-state index in [4.69, 9.17) is 11.6 Å². The van der Waals surface area contributed by atoms with E-state index in [1.807, 2.05) is 13.0 Å². The molecule has 134 valence electrons. The fourth-order valence-electron chi connectivity index (χ4n) is 3.38. The van der Waals surface area contributed by atoms with Crippen LogP contribution >= 0.6 is 11.6 Å². The van der Waals surface area contributed by atoms with Crippen LogP contribution in [0.2, 0.25) is 5.02 Å². The van der Waals surface area contributed by atoms with Crippen molar-refractivity contribution in [3.8, 4) is 0 Å². The Bertz CT molecular complexity index is 810. The Kier molecular flexibility index (Phi) is 5.39. The van der Waals surface area contributed by atoms with Gasteiger partial charge in [-0.25, -0.2) is 9.49 Å². The van der Waals surface area contributed by atoms with Crippen LogP contribution in [0.5, 0.6) is 0 Å². The highest BCUT2D eigenvalue weighted by Crippen LogP contribution is 2.27. The minimum Gasteiger partial charge on any atom is -0.363 e. The standard InChI is InChI=1S/C18H22ClFN4O/c1-3-15-11-23(10-13-4-5-14(20)8-12(13)2)6-7-24(15)16-9-21-22-18(25)17(16)19/h4-5,8-9,15H,3,6-7,10-11H2,1-2H3,(H,22,25)/t15-/m1/s1. The van der Waals surface area contributed by atoms with Gasteiger partial charge in [0.15, 0.2) is 0 Å². The molecule has 0 aliphatic carbocycles. The van der Waals surface area contributed by atoms with Gasteiger partial charge in [-0.1, -0.05) is 24.6 Å². The molecule has 0 bridgehead atoms. The number of nitrogens with zero attached hydrogens (tertiary/aromatic N) is 3. The highest BCUT2D eigenvalue weighted by atomic mass is 35.5. The van der Waals surface area contributed by atoms with E-state index in [9.17, 15) is 9.18 Å². The largest absolute Gasteiger partial charge is 0.363 e. The van der Waals surface area contributed by atoms with E-state index < -0.39 is 0 Å². The van der Waals surface area contributed by atoms with Gasteiger partial charge in [-0.2, -0.15) is 5.10 Å². The van der Waals surface area contributed by atoms with E-state index in [1.54, 1.807) is 12.3 Å². The molecule has 1 N–H and O–H groups in total. The molecule has 0 spiro atoms. The maximum absolute atomic E-state index is 13.3. The number of aromatic nitrogens is 2. The number of hydrogen-bond donors (Lipinski definition) is 1. The Morgan fingerprint density at radius 2 is 2.20 bits per heavy atom. The van der Waals surface area contributed by atoms with Gasteiger partial charge in [-0.15, -0.1) is 0 Å². The van der Waals surface area contributed by atoms with Gasteiger partial charge in [0.05, 0.1) is 11.9 Å². The minimum absolute atomic E-state index is 0.191. The number of H-pyrrole nitrogens is 1. The zero-order valence-corrected chi connectivity index (χ0v) is 15.2. The van der Waals surface area contributed by atoms with Crippen LogP contribution in [0.15, 0.2) is 29.2 Å². The number of aryl methyl sites for hydroxylation is 1. The van der Waals surface area contributed by atoms with E-state index in [0.29, 0.717) is 5.69 Å². The average molecular weight is 365 g/mol. The summed E-state index contributed by atoms with van der Waals surface area (Å²) in [5.41, 5.74) is 2.44. The molecule has 1 aliphatic rings. The van der Waals surface area contributed by atoms with Crippen molar-refractivity contribution >= 4 is 17.3 Å². The van der Waals surface area contributed by atoms with Gasteiger partial charge in [0.25, 0.3) is 5.56 Å². The molecule has 2 heterocycles. The van der Waals surface area contributed by atoms with Crippen molar-refractivity contribution in [1.29, 1.82) is 0 Å². The third-order valence-corrected chi connectivity index (χ3v) is 5.19. The number of halogens is 2. The van der Waals surface area contributed by atoms with Crippen LogP contribution < -0.4 is 10.5 Å². The summed E-state index contributed by atoms with van der Waals surface area (Å²) in [7, 11) is 0. The van der Waals surface area contributed by atoms with E-state index in [0.717, 1.165) is 43.7 Å². The number of nitrogens with one attached hydrogen (secondary N) is 1. The first kappa shape index (κ1) is 17.9. The van der Waals surface area contributed by atoms with Crippen LogP contribution in [0.25, 0.3) is 0 Å². The van der Waals surface area contributed by atoms with Crippen molar-refractivity contribution in [2.45, 2.75) is 32.9 Å². The minimum atomic E-state index is -0.363. The predicted molar refractivity (Wildman–Crippen MR) is 97.7 cm³/mol. The summed E-state index contributed by atoms with van der Waals surface area (Å²) < 4.78 is 13.3. The lowest BCUT2D eigenvalue weighted by Gasteiger charge is -2.42. The van der Waals surface area contributed by atoms with Gasteiger partial charge in [-0.05, 0) is 36.6 Å². The quantitative estimate of drug-likeness (QED) is 0.906. The molecule has 3 rings (SSSR count). The lowest BCUT2D eigenvalue weighted by Crippen LogP contribution is -2.53. The lowest BCUT2D eigenvalue weighted by atomic mass is 10.0. The van der Waals surface area contributed by atoms with E-state index in [-0.39, 0.29) is 22.4 Å². The molecule has 0 radical (unpaired) electrons. The predicted octanol–water partition coefficient (Wildman–Crippen LogP) is 2.97. The number of piperazine rings is 1. The van der Waals surface area contributed by atoms with E-state index >= 15 is 0 Å². The van der Waals surface area contributed by atoms with Gasteiger partial charge in [0, 0.05) is 32.2 Å². The van der Waals surface area contributed by atoms with Crippen LogP contribution in [0.4, 0.5) is 10.1 Å². The zero-order chi connectivity index (χ0) is 18.0. The molecule has 0 unspecified atom stereocenters. The Hall–Kier alpha value is -1.92. The molecule has 1 aliphatic heterocycles. The molecule has 1 aromatic heterocycles.